The molecule has 1 aliphatic heterocycles. The van der Waals surface area contributed by atoms with Crippen LogP contribution < -0.4 is 0 Å². The average molecular weight is 465 g/mol. The van der Waals surface area contributed by atoms with Crippen molar-refractivity contribution in [2.24, 2.45) is 0 Å². The largest absolute Gasteiger partial charge is 0.416 e. The predicted octanol–water partition coefficient (Wildman–Crippen LogP) is 6.96. The van der Waals surface area contributed by atoms with Crippen LogP contribution in [0, 0.1) is 0 Å². The van der Waals surface area contributed by atoms with Gasteiger partial charge in [0, 0.05) is 42.3 Å². The molecule has 0 saturated carbocycles. The summed E-state index contributed by atoms with van der Waals surface area (Å²) < 4.78 is 40.8. The van der Waals surface area contributed by atoms with Gasteiger partial charge in [0.1, 0.15) is 0 Å². The SMILES string of the molecule is O=C(c1ccc(C(F)(F)F)cc1)N1CCC(c2cn(CC3=CC=CCC3)c3ccccc23)CC1. The van der Waals surface area contributed by atoms with Crippen molar-refractivity contribution >= 4 is 16.8 Å². The van der Waals surface area contributed by atoms with Crippen LogP contribution in [0.5, 0.6) is 0 Å². The van der Waals surface area contributed by atoms with E-state index < -0.39 is 11.7 Å². The molecule has 1 amide bonds. The number of allylic oxidation sites excluding steroid dienone is 4. The molecule has 34 heavy (non-hydrogen) atoms. The minimum Gasteiger partial charge on any atom is -0.343 e. The summed E-state index contributed by atoms with van der Waals surface area (Å²) in [4.78, 5) is 14.6. The Hall–Kier alpha value is -3.28. The Kier molecular flexibility index (Phi) is 6.07. The molecule has 3 aromatic rings. The van der Waals surface area contributed by atoms with Gasteiger partial charge in [-0.15, -0.1) is 0 Å². The number of halogens is 3. The van der Waals surface area contributed by atoms with Gasteiger partial charge in [-0.25, -0.2) is 0 Å². The first-order valence-electron chi connectivity index (χ1n) is 11.8. The highest BCUT2D eigenvalue weighted by molar-refractivity contribution is 5.94. The van der Waals surface area contributed by atoms with E-state index in [4.69, 9.17) is 0 Å². The first-order chi connectivity index (χ1) is 16.4. The predicted molar refractivity (Wildman–Crippen MR) is 128 cm³/mol. The number of hydrogen-bond acceptors (Lipinski definition) is 1. The van der Waals surface area contributed by atoms with E-state index in [1.807, 2.05) is 0 Å². The summed E-state index contributed by atoms with van der Waals surface area (Å²) in [7, 11) is 0. The van der Waals surface area contributed by atoms with Crippen molar-refractivity contribution in [3.63, 3.8) is 0 Å². The van der Waals surface area contributed by atoms with Crippen molar-refractivity contribution in [1.82, 2.24) is 9.47 Å². The van der Waals surface area contributed by atoms with Crippen LogP contribution in [0.2, 0.25) is 0 Å². The van der Waals surface area contributed by atoms with Gasteiger partial charge in [0.2, 0.25) is 0 Å². The van der Waals surface area contributed by atoms with E-state index in [9.17, 15) is 18.0 Å². The number of fused-ring (bicyclic) bond motifs is 1. The fourth-order valence-electron chi connectivity index (χ4n) is 5.11. The lowest BCUT2D eigenvalue weighted by atomic mass is 9.89. The molecule has 1 aliphatic carbocycles. The van der Waals surface area contributed by atoms with Gasteiger partial charge in [0.15, 0.2) is 0 Å². The van der Waals surface area contributed by atoms with Crippen molar-refractivity contribution < 1.29 is 18.0 Å². The Bertz CT molecular complexity index is 1240. The van der Waals surface area contributed by atoms with Gasteiger partial charge in [-0.1, -0.05) is 42.0 Å². The normalized spacial score (nSPS) is 17.3. The molecule has 1 fully saturated rings. The first kappa shape index (κ1) is 22.5. The van der Waals surface area contributed by atoms with E-state index in [-0.39, 0.29) is 5.91 Å². The van der Waals surface area contributed by atoms with Crippen molar-refractivity contribution in [3.8, 4) is 0 Å². The van der Waals surface area contributed by atoms with Crippen LogP contribution in [-0.4, -0.2) is 28.5 Å². The molecule has 176 valence electrons. The molecule has 0 bridgehead atoms. The number of nitrogens with zero attached hydrogens (tertiary/aromatic N) is 2. The molecule has 0 unspecified atom stereocenters. The number of benzene rings is 2. The second kappa shape index (κ2) is 9.16. The van der Waals surface area contributed by atoms with Gasteiger partial charge < -0.3 is 9.47 Å². The Morgan fingerprint density at radius 3 is 2.41 bits per heavy atom. The highest BCUT2D eigenvalue weighted by atomic mass is 19.4. The summed E-state index contributed by atoms with van der Waals surface area (Å²) >= 11 is 0. The third kappa shape index (κ3) is 4.54. The maximum atomic E-state index is 12.9. The molecule has 3 nitrogen and oxygen atoms in total. The van der Waals surface area contributed by atoms with Crippen LogP contribution in [0.25, 0.3) is 10.9 Å². The number of hydrogen-bond donors (Lipinski definition) is 0. The molecule has 1 saturated heterocycles. The summed E-state index contributed by atoms with van der Waals surface area (Å²) in [6.45, 7) is 2.08. The van der Waals surface area contributed by atoms with E-state index in [2.05, 4.69) is 53.3 Å². The fraction of sp³-hybridized carbons (Fsp3) is 0.321. The second-order valence-electron chi connectivity index (χ2n) is 9.16. The highest BCUT2D eigenvalue weighted by Crippen LogP contribution is 2.36. The van der Waals surface area contributed by atoms with E-state index in [0.29, 0.717) is 24.6 Å². The van der Waals surface area contributed by atoms with Crippen molar-refractivity contribution in [3.05, 3.63) is 95.2 Å². The Morgan fingerprint density at radius 1 is 1.00 bits per heavy atom. The third-order valence-corrected chi connectivity index (χ3v) is 6.97. The van der Waals surface area contributed by atoms with E-state index in [1.54, 1.807) is 4.90 Å². The number of likely N-dealkylation sites (tertiary alicyclic amines) is 1. The first-order valence-corrected chi connectivity index (χ1v) is 11.8. The van der Waals surface area contributed by atoms with Crippen molar-refractivity contribution in [2.45, 2.75) is 44.3 Å². The fourth-order valence-corrected chi connectivity index (χ4v) is 5.11. The summed E-state index contributed by atoms with van der Waals surface area (Å²) in [6, 6.07) is 13.0. The van der Waals surface area contributed by atoms with Crippen molar-refractivity contribution in [2.75, 3.05) is 13.1 Å². The van der Waals surface area contributed by atoms with Gasteiger partial charge in [0.25, 0.3) is 5.91 Å². The number of carbonyl (C=O) groups is 1. The molecule has 1 aromatic heterocycles. The third-order valence-electron chi connectivity index (χ3n) is 6.97. The zero-order chi connectivity index (χ0) is 23.7. The van der Waals surface area contributed by atoms with E-state index in [0.717, 1.165) is 44.4 Å². The molecular weight excluding hydrogens is 437 g/mol. The molecular formula is C28H27F3N2O. The molecule has 0 radical (unpaired) electrons. The molecule has 2 aromatic carbocycles. The molecule has 0 N–H and O–H groups in total. The van der Waals surface area contributed by atoms with Crippen LogP contribution in [0.1, 0.15) is 53.1 Å². The smallest absolute Gasteiger partial charge is 0.343 e. The zero-order valence-corrected chi connectivity index (χ0v) is 18.9. The number of para-hydroxylation sites is 1. The Labute approximate surface area is 197 Å². The Morgan fingerprint density at radius 2 is 1.74 bits per heavy atom. The molecule has 2 aliphatic rings. The summed E-state index contributed by atoms with van der Waals surface area (Å²) in [6.07, 6.45) is 8.27. The number of aromatic nitrogens is 1. The summed E-state index contributed by atoms with van der Waals surface area (Å²) in [5.74, 6) is 0.148. The number of amides is 1. The van der Waals surface area contributed by atoms with Gasteiger partial charge in [0.05, 0.1) is 5.56 Å². The zero-order valence-electron chi connectivity index (χ0n) is 18.9. The summed E-state index contributed by atoms with van der Waals surface area (Å²) in [5, 5.41) is 1.27. The molecule has 2 heterocycles. The topological polar surface area (TPSA) is 25.2 Å². The van der Waals surface area contributed by atoms with Crippen LogP contribution >= 0.6 is 0 Å². The lowest BCUT2D eigenvalue weighted by Crippen LogP contribution is -2.37. The highest BCUT2D eigenvalue weighted by Gasteiger charge is 2.31. The standard InChI is InChI=1S/C28H27F3N2O/c29-28(30,31)23-12-10-22(11-13-23)27(34)32-16-14-21(15-17-32)25-19-33(18-20-6-2-1-3-7-20)26-9-5-4-8-24(25)26/h1-2,4-6,8-13,19,21H,3,7,14-18H2. The van der Waals surface area contributed by atoms with E-state index >= 15 is 0 Å². The number of carbonyl (C=O) groups excluding carboxylic acids is 1. The second-order valence-corrected chi connectivity index (χ2v) is 9.16. The van der Waals surface area contributed by atoms with Crippen LogP contribution in [0.15, 0.2) is 78.5 Å². The lowest BCUT2D eigenvalue weighted by Gasteiger charge is -2.32. The quantitative estimate of drug-likeness (QED) is 0.410. The van der Waals surface area contributed by atoms with Crippen LogP contribution in [-0.2, 0) is 12.7 Å². The van der Waals surface area contributed by atoms with Gasteiger partial charge in [-0.2, -0.15) is 13.2 Å². The molecule has 0 spiro atoms. The maximum Gasteiger partial charge on any atom is 0.416 e. The number of piperidine rings is 1. The number of rotatable bonds is 4. The Balaban J connectivity index is 1.30. The van der Waals surface area contributed by atoms with E-state index in [1.165, 1.54) is 34.2 Å². The summed E-state index contributed by atoms with van der Waals surface area (Å²) in [5.41, 5.74) is 3.55. The maximum absolute atomic E-state index is 12.9. The number of alkyl halides is 3. The monoisotopic (exact) mass is 464 g/mol. The molecule has 6 heteroatoms. The van der Waals surface area contributed by atoms with Gasteiger partial charge in [-0.05, 0) is 67.5 Å². The van der Waals surface area contributed by atoms with Crippen LogP contribution in [0.4, 0.5) is 13.2 Å². The molecule has 5 rings (SSSR count). The average Bonchev–Trinajstić information content (AvgIpc) is 3.22. The van der Waals surface area contributed by atoms with Crippen molar-refractivity contribution in [1.29, 1.82) is 0 Å². The minimum absolute atomic E-state index is 0.202. The van der Waals surface area contributed by atoms with Crippen LogP contribution in [0.3, 0.4) is 0 Å². The lowest BCUT2D eigenvalue weighted by molar-refractivity contribution is -0.137. The van der Waals surface area contributed by atoms with Gasteiger partial charge in [-0.3, -0.25) is 4.79 Å². The van der Waals surface area contributed by atoms with Gasteiger partial charge >= 0.3 is 6.18 Å². The molecule has 0 atom stereocenters. The minimum atomic E-state index is -4.40.